The van der Waals surface area contributed by atoms with Gasteiger partial charge in [0.1, 0.15) is 0 Å². The van der Waals surface area contributed by atoms with Crippen LogP contribution in [-0.4, -0.2) is 25.5 Å². The molecule has 4 rings (SSSR count). The predicted molar refractivity (Wildman–Crippen MR) is 81.4 cm³/mol. The molecule has 0 unspecified atom stereocenters. The SMILES string of the molecule is Cc1cc2c(cc1B1OCC(C)(C)O1)C1(C=N2)CCC1. The molecule has 0 amide bonds. The average molecular weight is 269 g/mol. The van der Waals surface area contributed by atoms with Crippen molar-refractivity contribution in [1.82, 2.24) is 0 Å². The molecule has 20 heavy (non-hydrogen) atoms. The van der Waals surface area contributed by atoms with Crippen molar-refractivity contribution >= 4 is 24.5 Å². The molecule has 1 aliphatic carbocycles. The molecule has 0 bridgehead atoms. The fourth-order valence-electron chi connectivity index (χ4n) is 3.48. The molecule has 0 radical (unpaired) electrons. The fraction of sp³-hybridized carbons (Fsp3) is 0.562. The van der Waals surface area contributed by atoms with Crippen molar-refractivity contribution in [1.29, 1.82) is 0 Å². The molecule has 2 fully saturated rings. The highest BCUT2D eigenvalue weighted by molar-refractivity contribution is 6.62. The van der Waals surface area contributed by atoms with Crippen LogP contribution in [0.2, 0.25) is 0 Å². The summed E-state index contributed by atoms with van der Waals surface area (Å²) in [6.45, 7) is 6.92. The maximum atomic E-state index is 6.03. The highest BCUT2D eigenvalue weighted by atomic mass is 16.7. The smallest absolute Gasteiger partial charge is 0.404 e. The van der Waals surface area contributed by atoms with E-state index in [1.165, 1.54) is 35.9 Å². The number of aryl methyl sites for hydroxylation is 1. The van der Waals surface area contributed by atoms with E-state index in [-0.39, 0.29) is 18.1 Å². The lowest BCUT2D eigenvalue weighted by atomic mass is 9.64. The van der Waals surface area contributed by atoms with Crippen molar-refractivity contribution in [2.45, 2.75) is 51.0 Å². The molecule has 0 N–H and O–H groups in total. The van der Waals surface area contributed by atoms with Gasteiger partial charge in [0.05, 0.1) is 17.9 Å². The molecule has 1 saturated heterocycles. The highest BCUT2D eigenvalue weighted by Crippen LogP contribution is 2.49. The second-order valence-electron chi connectivity index (χ2n) is 7.01. The molecule has 104 valence electrons. The largest absolute Gasteiger partial charge is 0.494 e. The number of fused-ring (bicyclic) bond motifs is 2. The topological polar surface area (TPSA) is 30.8 Å². The van der Waals surface area contributed by atoms with Gasteiger partial charge < -0.3 is 9.31 Å². The Morgan fingerprint density at radius 1 is 1.25 bits per heavy atom. The predicted octanol–water partition coefficient (Wildman–Crippen LogP) is 2.65. The van der Waals surface area contributed by atoms with E-state index < -0.39 is 0 Å². The zero-order chi connectivity index (χ0) is 14.0. The lowest BCUT2D eigenvalue weighted by molar-refractivity contribution is 0.137. The van der Waals surface area contributed by atoms with Crippen LogP contribution in [0.15, 0.2) is 17.1 Å². The van der Waals surface area contributed by atoms with E-state index in [0.717, 1.165) is 5.69 Å². The zero-order valence-corrected chi connectivity index (χ0v) is 12.4. The molecule has 3 aliphatic rings. The van der Waals surface area contributed by atoms with E-state index in [4.69, 9.17) is 9.31 Å². The van der Waals surface area contributed by atoms with E-state index in [2.05, 4.69) is 44.1 Å². The number of nitrogens with zero attached hydrogens (tertiary/aromatic N) is 1. The number of hydrogen-bond acceptors (Lipinski definition) is 3. The average Bonchev–Trinajstić information content (AvgIpc) is 2.87. The Morgan fingerprint density at radius 3 is 2.65 bits per heavy atom. The van der Waals surface area contributed by atoms with E-state index in [1.807, 2.05) is 0 Å². The number of aliphatic imine (C=N–C) groups is 1. The van der Waals surface area contributed by atoms with Crippen LogP contribution in [0.4, 0.5) is 5.69 Å². The van der Waals surface area contributed by atoms with Gasteiger partial charge in [-0.25, -0.2) is 0 Å². The molecule has 1 aromatic rings. The molecular weight excluding hydrogens is 249 g/mol. The second kappa shape index (κ2) is 3.95. The van der Waals surface area contributed by atoms with Crippen molar-refractivity contribution in [3.8, 4) is 0 Å². The van der Waals surface area contributed by atoms with Gasteiger partial charge in [0, 0.05) is 11.6 Å². The number of rotatable bonds is 1. The van der Waals surface area contributed by atoms with Crippen molar-refractivity contribution in [2.24, 2.45) is 4.99 Å². The van der Waals surface area contributed by atoms with Crippen LogP contribution in [0, 0.1) is 6.92 Å². The van der Waals surface area contributed by atoms with Gasteiger partial charge in [0.15, 0.2) is 0 Å². The number of hydrogen-bond donors (Lipinski definition) is 0. The van der Waals surface area contributed by atoms with Gasteiger partial charge >= 0.3 is 7.12 Å². The lowest BCUT2D eigenvalue weighted by Gasteiger charge is -2.37. The Hall–Kier alpha value is -1.13. The van der Waals surface area contributed by atoms with Gasteiger partial charge in [-0.15, -0.1) is 0 Å². The van der Waals surface area contributed by atoms with Gasteiger partial charge in [-0.2, -0.15) is 0 Å². The fourth-order valence-corrected chi connectivity index (χ4v) is 3.48. The maximum absolute atomic E-state index is 6.03. The van der Waals surface area contributed by atoms with Gasteiger partial charge in [-0.3, -0.25) is 4.99 Å². The Labute approximate surface area is 120 Å². The summed E-state index contributed by atoms with van der Waals surface area (Å²) in [6, 6.07) is 4.47. The first-order valence-corrected chi connectivity index (χ1v) is 7.49. The zero-order valence-electron chi connectivity index (χ0n) is 12.4. The van der Waals surface area contributed by atoms with Gasteiger partial charge in [0.25, 0.3) is 0 Å². The monoisotopic (exact) mass is 269 g/mol. The normalized spacial score (nSPS) is 25.1. The third kappa shape index (κ3) is 1.71. The van der Waals surface area contributed by atoms with Crippen molar-refractivity contribution in [2.75, 3.05) is 6.61 Å². The van der Waals surface area contributed by atoms with E-state index >= 15 is 0 Å². The summed E-state index contributed by atoms with van der Waals surface area (Å²) in [6.07, 6.45) is 5.91. The number of benzene rings is 1. The Bertz CT molecular complexity index is 605. The minimum atomic E-state index is -0.229. The minimum Gasteiger partial charge on any atom is -0.404 e. The molecule has 1 saturated carbocycles. The minimum absolute atomic E-state index is 0.194. The highest BCUT2D eigenvalue weighted by Gasteiger charge is 2.44. The van der Waals surface area contributed by atoms with Crippen LogP contribution in [0.25, 0.3) is 0 Å². The Kier molecular flexibility index (Phi) is 2.49. The van der Waals surface area contributed by atoms with Crippen LogP contribution >= 0.6 is 0 Å². The maximum Gasteiger partial charge on any atom is 0.494 e. The summed E-state index contributed by atoms with van der Waals surface area (Å²) in [5.74, 6) is 0. The standard InChI is InChI=1S/C16H20BNO2/c1-11-7-14-12(16(9-18-14)5-4-6-16)8-13(11)17-19-10-15(2,3)20-17/h7-9H,4-6,10H2,1-3H3. The van der Waals surface area contributed by atoms with Crippen LogP contribution < -0.4 is 5.46 Å². The van der Waals surface area contributed by atoms with Crippen LogP contribution in [0.3, 0.4) is 0 Å². The van der Waals surface area contributed by atoms with Crippen LogP contribution in [0.1, 0.15) is 44.2 Å². The molecule has 3 nitrogen and oxygen atoms in total. The summed E-state index contributed by atoms with van der Waals surface area (Å²) in [5.41, 5.74) is 4.92. The molecule has 2 aliphatic heterocycles. The first-order chi connectivity index (χ1) is 9.49. The molecular formula is C16H20BNO2. The van der Waals surface area contributed by atoms with Crippen LogP contribution in [-0.2, 0) is 14.7 Å². The summed E-state index contributed by atoms with van der Waals surface area (Å²) in [7, 11) is -0.229. The van der Waals surface area contributed by atoms with Crippen molar-refractivity contribution in [3.05, 3.63) is 23.3 Å². The lowest BCUT2D eigenvalue weighted by Crippen LogP contribution is -2.39. The van der Waals surface area contributed by atoms with Crippen LogP contribution in [0.5, 0.6) is 0 Å². The molecule has 1 spiro atoms. The van der Waals surface area contributed by atoms with Crippen molar-refractivity contribution in [3.63, 3.8) is 0 Å². The van der Waals surface area contributed by atoms with E-state index in [0.29, 0.717) is 6.61 Å². The molecule has 4 heteroatoms. The van der Waals surface area contributed by atoms with Gasteiger partial charge in [0.2, 0.25) is 0 Å². The third-order valence-electron chi connectivity index (χ3n) is 4.88. The van der Waals surface area contributed by atoms with Gasteiger partial charge in [-0.1, -0.05) is 12.5 Å². The summed E-state index contributed by atoms with van der Waals surface area (Å²) in [5, 5.41) is 0. The third-order valence-corrected chi connectivity index (χ3v) is 4.88. The first-order valence-electron chi connectivity index (χ1n) is 7.49. The van der Waals surface area contributed by atoms with Crippen molar-refractivity contribution < 1.29 is 9.31 Å². The summed E-state index contributed by atoms with van der Waals surface area (Å²) in [4.78, 5) is 4.63. The molecule has 0 aromatic heterocycles. The Morgan fingerprint density at radius 2 is 2.05 bits per heavy atom. The quantitative estimate of drug-likeness (QED) is 0.734. The van der Waals surface area contributed by atoms with E-state index in [1.54, 1.807) is 0 Å². The summed E-state index contributed by atoms with van der Waals surface area (Å²) < 4.78 is 11.9. The molecule has 0 atom stereocenters. The van der Waals surface area contributed by atoms with Gasteiger partial charge in [-0.05, 0) is 56.3 Å². The first kappa shape index (κ1) is 12.6. The second-order valence-corrected chi connectivity index (χ2v) is 7.01. The Balaban J connectivity index is 1.74. The molecule has 2 heterocycles. The van der Waals surface area contributed by atoms with E-state index in [9.17, 15) is 0 Å². The molecule has 1 aromatic carbocycles. The summed E-state index contributed by atoms with van der Waals surface area (Å²) >= 11 is 0.